The Balaban J connectivity index is 3.34. The molecule has 346 valence electrons. The molecule has 0 bridgehead atoms. The van der Waals surface area contributed by atoms with Crippen molar-refractivity contribution in [2.45, 2.75) is 309 Å². The molecule has 4 nitrogen and oxygen atoms in total. The molecular weight excluding hydrogens is 713 g/mol. The van der Waals surface area contributed by atoms with Crippen LogP contribution in [-0.2, 0) is 14.3 Å². The largest absolute Gasteiger partial charge is 0.457 e. The van der Waals surface area contributed by atoms with Gasteiger partial charge in [0, 0.05) is 13.0 Å². The number of aliphatic hydroxyl groups excluding tert-OH is 1. The maximum absolute atomic E-state index is 12.3. The third-order valence-electron chi connectivity index (χ3n) is 12.3. The van der Waals surface area contributed by atoms with Gasteiger partial charge in [0.2, 0.25) is 0 Å². The highest BCUT2D eigenvalue weighted by Gasteiger charge is 2.13. The van der Waals surface area contributed by atoms with Crippen LogP contribution in [0.3, 0.4) is 0 Å². The van der Waals surface area contributed by atoms with Gasteiger partial charge in [-0.1, -0.05) is 270 Å². The number of allylic oxidation sites excluding steroid dienone is 2. The zero-order valence-electron chi connectivity index (χ0n) is 39.8. The van der Waals surface area contributed by atoms with Gasteiger partial charge in [-0.2, -0.15) is 0 Å². The molecule has 0 saturated heterocycles. The quantitative estimate of drug-likeness (QED) is 0.0377. The molecule has 4 heteroatoms. The van der Waals surface area contributed by atoms with E-state index >= 15 is 0 Å². The summed E-state index contributed by atoms with van der Waals surface area (Å²) >= 11 is 0. The fourth-order valence-electron chi connectivity index (χ4n) is 8.33. The second-order valence-electron chi connectivity index (χ2n) is 18.3. The summed E-state index contributed by atoms with van der Waals surface area (Å²) in [6, 6.07) is 0. The SMILES string of the molecule is CCCCCCCCCC/C=C\CCCCCCCCCCCCCC(=O)OC(CO)COCCCCCCCCCCCCCCCCCCCCCCCCC. The zero-order valence-corrected chi connectivity index (χ0v) is 39.8. The van der Waals surface area contributed by atoms with Crippen molar-refractivity contribution >= 4 is 5.97 Å². The number of carbonyl (C=O) groups excluding carboxylic acids is 1. The maximum atomic E-state index is 12.3. The Morgan fingerprint density at radius 2 is 0.672 bits per heavy atom. The van der Waals surface area contributed by atoms with E-state index in [-0.39, 0.29) is 12.6 Å². The van der Waals surface area contributed by atoms with Crippen molar-refractivity contribution < 1.29 is 19.4 Å². The molecule has 0 amide bonds. The molecule has 1 atom stereocenters. The number of ether oxygens (including phenoxy) is 2. The Hall–Kier alpha value is -0.870. The van der Waals surface area contributed by atoms with E-state index in [9.17, 15) is 9.90 Å². The lowest BCUT2D eigenvalue weighted by Gasteiger charge is -2.16. The minimum Gasteiger partial charge on any atom is -0.457 e. The van der Waals surface area contributed by atoms with Gasteiger partial charge in [0.15, 0.2) is 0 Å². The number of hydrogen-bond acceptors (Lipinski definition) is 4. The number of unbranched alkanes of at least 4 members (excludes halogenated alkanes) is 41. The molecule has 1 unspecified atom stereocenters. The molecule has 0 saturated carbocycles. The van der Waals surface area contributed by atoms with E-state index in [2.05, 4.69) is 26.0 Å². The van der Waals surface area contributed by atoms with Crippen LogP contribution in [0.1, 0.15) is 303 Å². The summed E-state index contributed by atoms with van der Waals surface area (Å²) < 4.78 is 11.2. The molecule has 0 fully saturated rings. The van der Waals surface area contributed by atoms with Gasteiger partial charge >= 0.3 is 5.97 Å². The molecule has 0 aliphatic heterocycles. The predicted molar refractivity (Wildman–Crippen MR) is 256 cm³/mol. The Morgan fingerprint density at radius 3 is 0.983 bits per heavy atom. The molecule has 1 N–H and O–H groups in total. The first kappa shape index (κ1) is 57.1. The maximum Gasteiger partial charge on any atom is 0.306 e. The molecule has 0 aliphatic rings. The number of aliphatic hydroxyl groups is 1. The Bertz CT molecular complexity index is 781. The van der Waals surface area contributed by atoms with Crippen LogP contribution in [0.15, 0.2) is 12.2 Å². The van der Waals surface area contributed by atoms with E-state index in [0.717, 1.165) is 19.3 Å². The smallest absolute Gasteiger partial charge is 0.306 e. The van der Waals surface area contributed by atoms with Crippen molar-refractivity contribution in [3.8, 4) is 0 Å². The highest BCUT2D eigenvalue weighted by Crippen LogP contribution is 2.17. The van der Waals surface area contributed by atoms with Gasteiger partial charge in [-0.15, -0.1) is 0 Å². The molecule has 0 aliphatic carbocycles. The normalized spacial score (nSPS) is 12.3. The van der Waals surface area contributed by atoms with Crippen LogP contribution in [0.2, 0.25) is 0 Å². The molecular formula is C54H106O4. The Morgan fingerprint density at radius 1 is 0.397 bits per heavy atom. The van der Waals surface area contributed by atoms with Crippen LogP contribution < -0.4 is 0 Å². The Labute approximate surface area is 365 Å². The summed E-state index contributed by atoms with van der Waals surface area (Å²) in [5.74, 6) is -0.193. The van der Waals surface area contributed by atoms with Gasteiger partial charge in [-0.05, 0) is 38.5 Å². The summed E-state index contributed by atoms with van der Waals surface area (Å²) in [4.78, 5) is 12.3. The van der Waals surface area contributed by atoms with E-state index in [1.54, 1.807) is 0 Å². The lowest BCUT2D eigenvalue weighted by molar-refractivity contribution is -0.154. The van der Waals surface area contributed by atoms with Gasteiger partial charge in [0.25, 0.3) is 0 Å². The number of carbonyl (C=O) groups is 1. The average Bonchev–Trinajstić information content (AvgIpc) is 3.23. The lowest BCUT2D eigenvalue weighted by Crippen LogP contribution is -2.27. The summed E-state index contributed by atoms with van der Waals surface area (Å²) in [5.41, 5.74) is 0. The van der Waals surface area contributed by atoms with Gasteiger partial charge in [0.05, 0.1) is 13.2 Å². The molecule has 58 heavy (non-hydrogen) atoms. The van der Waals surface area contributed by atoms with Gasteiger partial charge < -0.3 is 14.6 Å². The lowest BCUT2D eigenvalue weighted by atomic mass is 10.0. The summed E-state index contributed by atoms with van der Waals surface area (Å²) in [5, 5.41) is 9.66. The highest BCUT2D eigenvalue weighted by molar-refractivity contribution is 5.69. The molecule has 0 radical (unpaired) electrons. The number of esters is 1. The second-order valence-corrected chi connectivity index (χ2v) is 18.3. The summed E-state index contributed by atoms with van der Waals surface area (Å²) in [6.07, 6.45) is 64.6. The molecule has 0 aromatic heterocycles. The molecule has 0 heterocycles. The van der Waals surface area contributed by atoms with Crippen LogP contribution in [0.5, 0.6) is 0 Å². The minimum absolute atomic E-state index is 0.165. The van der Waals surface area contributed by atoms with Crippen LogP contribution in [-0.4, -0.2) is 37.0 Å². The highest BCUT2D eigenvalue weighted by atomic mass is 16.6. The fraction of sp³-hybridized carbons (Fsp3) is 0.944. The minimum atomic E-state index is -0.530. The number of rotatable bonds is 51. The van der Waals surface area contributed by atoms with Crippen molar-refractivity contribution in [3.63, 3.8) is 0 Å². The van der Waals surface area contributed by atoms with Crippen molar-refractivity contribution in [2.24, 2.45) is 0 Å². The van der Waals surface area contributed by atoms with Crippen molar-refractivity contribution in [1.82, 2.24) is 0 Å². The molecule has 0 rings (SSSR count). The van der Waals surface area contributed by atoms with Crippen LogP contribution >= 0.6 is 0 Å². The zero-order chi connectivity index (χ0) is 41.9. The topological polar surface area (TPSA) is 55.8 Å². The first-order chi connectivity index (χ1) is 28.7. The van der Waals surface area contributed by atoms with E-state index in [4.69, 9.17) is 9.47 Å². The first-order valence-corrected chi connectivity index (χ1v) is 26.8. The Kier molecular flexibility index (Phi) is 51.5. The molecule has 0 spiro atoms. The third-order valence-corrected chi connectivity index (χ3v) is 12.3. The average molecular weight is 819 g/mol. The van der Waals surface area contributed by atoms with Crippen molar-refractivity contribution in [1.29, 1.82) is 0 Å². The van der Waals surface area contributed by atoms with Crippen molar-refractivity contribution in [3.05, 3.63) is 12.2 Å². The van der Waals surface area contributed by atoms with Crippen LogP contribution in [0, 0.1) is 0 Å². The molecule has 0 aromatic carbocycles. The summed E-state index contributed by atoms with van der Waals surface area (Å²) in [6.45, 7) is 5.41. The second kappa shape index (κ2) is 52.3. The predicted octanol–water partition coefficient (Wildman–Crippen LogP) is 18.1. The molecule has 0 aromatic rings. The van der Waals surface area contributed by atoms with Crippen molar-refractivity contribution in [2.75, 3.05) is 19.8 Å². The number of hydrogen-bond donors (Lipinski definition) is 1. The van der Waals surface area contributed by atoms with Crippen LogP contribution in [0.4, 0.5) is 0 Å². The standard InChI is InChI=1S/C54H106O4/c1-3-5-7-9-11-13-15-17-19-21-23-25-27-29-31-33-35-37-39-41-43-45-47-49-54(56)58-53(51-55)52-57-50-48-46-44-42-40-38-36-34-32-30-28-26-24-22-20-18-16-14-12-10-8-6-4-2/h21,23,53,55H,3-20,22,24-52H2,1-2H3/b23-21-. The van der Waals surface area contributed by atoms with Crippen LogP contribution in [0.25, 0.3) is 0 Å². The van der Waals surface area contributed by atoms with E-state index in [1.807, 2.05) is 0 Å². The van der Waals surface area contributed by atoms with Gasteiger partial charge in [-0.3, -0.25) is 4.79 Å². The third kappa shape index (κ3) is 49.5. The van der Waals surface area contributed by atoms with Gasteiger partial charge in [0.1, 0.15) is 6.10 Å². The van der Waals surface area contributed by atoms with E-state index in [1.165, 1.54) is 263 Å². The van der Waals surface area contributed by atoms with E-state index in [0.29, 0.717) is 19.6 Å². The monoisotopic (exact) mass is 819 g/mol. The summed E-state index contributed by atoms with van der Waals surface area (Å²) in [7, 11) is 0. The first-order valence-electron chi connectivity index (χ1n) is 26.8. The van der Waals surface area contributed by atoms with E-state index < -0.39 is 6.10 Å². The fourth-order valence-corrected chi connectivity index (χ4v) is 8.33. The van der Waals surface area contributed by atoms with Gasteiger partial charge in [-0.25, -0.2) is 0 Å².